The van der Waals surface area contributed by atoms with Gasteiger partial charge in [-0.2, -0.15) is 0 Å². The number of nitrogens with one attached hydrogen (secondary N) is 1. The van der Waals surface area contributed by atoms with E-state index in [4.69, 9.17) is 0 Å². The van der Waals surface area contributed by atoms with Crippen LogP contribution in [0, 0.1) is 10.1 Å². The highest BCUT2D eigenvalue weighted by atomic mass is 32.1. The quantitative estimate of drug-likeness (QED) is 0.335. The Labute approximate surface area is 173 Å². The predicted molar refractivity (Wildman–Crippen MR) is 117 cm³/mol. The normalized spacial score (nSPS) is 11.6. The second-order valence-electron chi connectivity index (χ2n) is 7.54. The van der Waals surface area contributed by atoms with Gasteiger partial charge in [-0.25, -0.2) is 4.98 Å². The van der Waals surface area contributed by atoms with Gasteiger partial charge in [0, 0.05) is 29.2 Å². The molecule has 0 saturated carbocycles. The summed E-state index contributed by atoms with van der Waals surface area (Å²) in [5.41, 5.74) is 3.70. The molecule has 0 unspecified atom stereocenters. The molecule has 2 aromatic carbocycles. The van der Waals surface area contributed by atoms with Crippen LogP contribution in [0.4, 0.5) is 10.8 Å². The number of nitrogens with zero attached hydrogens (tertiary/aromatic N) is 2. The molecule has 0 aliphatic rings. The number of hydrogen-bond donors (Lipinski definition) is 1. The van der Waals surface area contributed by atoms with Crippen LogP contribution in [0.25, 0.3) is 17.3 Å². The molecule has 0 aliphatic heterocycles. The van der Waals surface area contributed by atoms with Crippen molar-refractivity contribution in [1.29, 1.82) is 0 Å². The van der Waals surface area contributed by atoms with Gasteiger partial charge in [-0.05, 0) is 34.8 Å². The fourth-order valence-electron chi connectivity index (χ4n) is 2.63. The lowest BCUT2D eigenvalue weighted by atomic mass is 9.87. The number of rotatable bonds is 5. The van der Waals surface area contributed by atoms with E-state index in [0.717, 1.165) is 11.1 Å². The zero-order chi connectivity index (χ0) is 21.0. The maximum atomic E-state index is 12.2. The number of nitro benzene ring substituents is 1. The van der Waals surface area contributed by atoms with Crippen molar-refractivity contribution in [3.8, 4) is 11.3 Å². The average molecular weight is 407 g/mol. The summed E-state index contributed by atoms with van der Waals surface area (Å²) >= 11 is 1.30. The first-order valence-electron chi connectivity index (χ1n) is 9.02. The maximum absolute atomic E-state index is 12.2. The fraction of sp³-hybridized carbons (Fsp3) is 0.182. The Hall–Kier alpha value is -3.32. The molecule has 0 radical (unpaired) electrons. The molecule has 1 N–H and O–H groups in total. The lowest BCUT2D eigenvalue weighted by molar-refractivity contribution is -0.384. The summed E-state index contributed by atoms with van der Waals surface area (Å²) in [6.45, 7) is 6.47. The summed E-state index contributed by atoms with van der Waals surface area (Å²) < 4.78 is 0. The van der Waals surface area contributed by atoms with Crippen LogP contribution >= 0.6 is 11.3 Å². The van der Waals surface area contributed by atoms with Gasteiger partial charge in [0.1, 0.15) is 0 Å². The van der Waals surface area contributed by atoms with Gasteiger partial charge >= 0.3 is 0 Å². The van der Waals surface area contributed by atoms with Gasteiger partial charge in [-0.1, -0.05) is 45.0 Å². The van der Waals surface area contributed by atoms with E-state index in [1.165, 1.54) is 35.1 Å². The third-order valence-corrected chi connectivity index (χ3v) is 5.07. The number of anilines is 1. The van der Waals surface area contributed by atoms with Crippen molar-refractivity contribution >= 4 is 34.1 Å². The molecule has 1 aromatic heterocycles. The Balaban J connectivity index is 1.62. The Morgan fingerprint density at radius 2 is 1.76 bits per heavy atom. The Kier molecular flexibility index (Phi) is 5.89. The molecule has 3 rings (SSSR count). The molecule has 6 nitrogen and oxygen atoms in total. The first-order chi connectivity index (χ1) is 13.7. The number of amides is 1. The largest absolute Gasteiger partial charge is 0.298 e. The van der Waals surface area contributed by atoms with Crippen LogP contribution in [-0.2, 0) is 10.2 Å². The lowest BCUT2D eigenvalue weighted by Gasteiger charge is -2.18. The van der Waals surface area contributed by atoms with Crippen molar-refractivity contribution < 1.29 is 9.72 Å². The zero-order valence-electron chi connectivity index (χ0n) is 16.4. The summed E-state index contributed by atoms with van der Waals surface area (Å²) in [5, 5.41) is 15.7. The third-order valence-electron chi connectivity index (χ3n) is 4.31. The molecular formula is C22H21N3O3S. The number of hydrogen-bond acceptors (Lipinski definition) is 5. The van der Waals surface area contributed by atoms with Crippen LogP contribution in [0.15, 0.2) is 60.0 Å². The minimum Gasteiger partial charge on any atom is -0.298 e. The number of carbonyl (C=O) groups excluding carboxylic acids is 1. The molecule has 3 aromatic rings. The van der Waals surface area contributed by atoms with E-state index < -0.39 is 4.92 Å². The highest BCUT2D eigenvalue weighted by Gasteiger charge is 2.12. The van der Waals surface area contributed by atoms with Gasteiger partial charge < -0.3 is 0 Å². The standard InChI is InChI=1S/C22H21N3O3S/c1-22(2,3)17-9-4-15(5-10-17)6-13-20(26)24-21-23-19(14-29-21)16-7-11-18(12-8-16)25(27)28/h4-14H,1-3H3,(H,23,24,26). The van der Waals surface area contributed by atoms with Gasteiger partial charge in [-0.15, -0.1) is 11.3 Å². The van der Waals surface area contributed by atoms with Gasteiger partial charge in [0.15, 0.2) is 5.13 Å². The van der Waals surface area contributed by atoms with Crippen molar-refractivity contribution in [3.63, 3.8) is 0 Å². The van der Waals surface area contributed by atoms with E-state index in [1.54, 1.807) is 23.6 Å². The van der Waals surface area contributed by atoms with Crippen LogP contribution in [0.1, 0.15) is 31.9 Å². The van der Waals surface area contributed by atoms with Gasteiger partial charge in [0.05, 0.1) is 10.6 Å². The molecule has 0 fully saturated rings. The molecule has 0 aliphatic carbocycles. The Morgan fingerprint density at radius 3 is 2.34 bits per heavy atom. The number of aromatic nitrogens is 1. The SMILES string of the molecule is CC(C)(C)c1ccc(C=CC(=O)Nc2nc(-c3ccc([N+](=O)[O-])cc3)cs2)cc1. The number of nitro groups is 1. The predicted octanol–water partition coefficient (Wildman–Crippen LogP) is 5.67. The van der Waals surface area contributed by atoms with Crippen molar-refractivity contribution in [2.45, 2.75) is 26.2 Å². The summed E-state index contributed by atoms with van der Waals surface area (Å²) in [4.78, 5) is 26.8. The Morgan fingerprint density at radius 1 is 1.10 bits per heavy atom. The van der Waals surface area contributed by atoms with E-state index in [1.807, 2.05) is 12.1 Å². The van der Waals surface area contributed by atoms with E-state index in [-0.39, 0.29) is 17.0 Å². The zero-order valence-corrected chi connectivity index (χ0v) is 17.2. The summed E-state index contributed by atoms with van der Waals surface area (Å²) in [5.74, 6) is -0.269. The molecule has 0 bridgehead atoms. The van der Waals surface area contributed by atoms with Crippen molar-refractivity contribution in [2.24, 2.45) is 0 Å². The third kappa shape index (κ3) is 5.36. The van der Waals surface area contributed by atoms with Crippen molar-refractivity contribution in [3.05, 3.63) is 81.2 Å². The molecule has 1 amide bonds. The molecule has 0 spiro atoms. The van der Waals surface area contributed by atoms with Gasteiger partial charge in [0.25, 0.3) is 5.69 Å². The van der Waals surface area contributed by atoms with Gasteiger partial charge in [-0.3, -0.25) is 20.2 Å². The number of thiazole rings is 1. The lowest BCUT2D eigenvalue weighted by Crippen LogP contribution is -2.10. The number of carbonyl (C=O) groups is 1. The van der Waals surface area contributed by atoms with Gasteiger partial charge in [0.2, 0.25) is 5.91 Å². The smallest absolute Gasteiger partial charge is 0.269 e. The first-order valence-corrected chi connectivity index (χ1v) is 9.90. The minimum absolute atomic E-state index is 0.0261. The van der Waals surface area contributed by atoms with Crippen LogP contribution in [-0.4, -0.2) is 15.8 Å². The summed E-state index contributed by atoms with van der Waals surface area (Å²) in [6, 6.07) is 14.2. The van der Waals surface area contributed by atoms with E-state index in [2.05, 4.69) is 43.2 Å². The number of non-ortho nitro benzene ring substituents is 1. The second kappa shape index (κ2) is 8.36. The highest BCUT2D eigenvalue weighted by Crippen LogP contribution is 2.26. The maximum Gasteiger partial charge on any atom is 0.269 e. The highest BCUT2D eigenvalue weighted by molar-refractivity contribution is 7.14. The summed E-state index contributed by atoms with van der Waals surface area (Å²) in [6.07, 6.45) is 3.23. The molecule has 0 atom stereocenters. The topological polar surface area (TPSA) is 85.1 Å². The second-order valence-corrected chi connectivity index (χ2v) is 8.39. The van der Waals surface area contributed by atoms with Crippen LogP contribution in [0.5, 0.6) is 0 Å². The molecule has 0 saturated heterocycles. The van der Waals surface area contributed by atoms with Crippen molar-refractivity contribution in [1.82, 2.24) is 4.98 Å². The van der Waals surface area contributed by atoms with Crippen molar-refractivity contribution in [2.75, 3.05) is 5.32 Å². The van der Waals surface area contributed by atoms with E-state index in [0.29, 0.717) is 10.8 Å². The minimum atomic E-state index is -0.445. The molecule has 29 heavy (non-hydrogen) atoms. The van der Waals surface area contributed by atoms with E-state index >= 15 is 0 Å². The molecule has 1 heterocycles. The average Bonchev–Trinajstić information content (AvgIpc) is 3.14. The fourth-order valence-corrected chi connectivity index (χ4v) is 3.35. The summed E-state index contributed by atoms with van der Waals surface area (Å²) in [7, 11) is 0. The van der Waals surface area contributed by atoms with Crippen LogP contribution < -0.4 is 5.32 Å². The molecular weight excluding hydrogens is 386 g/mol. The molecule has 148 valence electrons. The number of benzene rings is 2. The molecule has 7 heteroatoms. The van der Waals surface area contributed by atoms with E-state index in [9.17, 15) is 14.9 Å². The van der Waals surface area contributed by atoms with Crippen LogP contribution in [0.2, 0.25) is 0 Å². The van der Waals surface area contributed by atoms with Crippen LogP contribution in [0.3, 0.4) is 0 Å². The monoisotopic (exact) mass is 407 g/mol. The first kappa shape index (κ1) is 20.4. The Bertz CT molecular complexity index is 1050.